The lowest BCUT2D eigenvalue weighted by Crippen LogP contribution is -2.43. The van der Waals surface area contributed by atoms with Gasteiger partial charge >= 0.3 is 0 Å². The third-order valence-corrected chi connectivity index (χ3v) is 2.94. The summed E-state index contributed by atoms with van der Waals surface area (Å²) in [6.45, 7) is 3.04. The van der Waals surface area contributed by atoms with E-state index in [2.05, 4.69) is 22.6 Å². The molecule has 1 rings (SSSR count). The summed E-state index contributed by atoms with van der Waals surface area (Å²) in [5.41, 5.74) is 0. The van der Waals surface area contributed by atoms with Crippen molar-refractivity contribution in [2.45, 2.75) is 31.7 Å². The molecule has 0 aromatic carbocycles. The number of hydrogen-bond acceptors (Lipinski definition) is 3. The molecular weight excluding hydrogens is 190 g/mol. The molecule has 1 fully saturated rings. The second kappa shape index (κ2) is 6.80. The summed E-state index contributed by atoms with van der Waals surface area (Å²) >= 11 is 0. The van der Waals surface area contributed by atoms with Crippen LogP contribution in [0.15, 0.2) is 0 Å². The second-order valence-electron chi connectivity index (χ2n) is 4.33. The highest BCUT2D eigenvalue weighted by Gasteiger charge is 2.14. The summed E-state index contributed by atoms with van der Waals surface area (Å²) in [4.78, 5) is 13.3. The minimum Gasteiger partial charge on any atom is -0.359 e. The Balaban J connectivity index is 2.11. The third kappa shape index (κ3) is 5.14. The average molecular weight is 213 g/mol. The van der Waals surface area contributed by atoms with Gasteiger partial charge in [0.15, 0.2) is 0 Å². The Morgan fingerprint density at radius 2 is 2.33 bits per heavy atom. The number of hydrogen-bond donors (Lipinski definition) is 2. The molecule has 1 atom stereocenters. The Hall–Kier alpha value is -0.610. The number of piperidine rings is 1. The first kappa shape index (κ1) is 12.5. The lowest BCUT2D eigenvalue weighted by Gasteiger charge is -2.28. The Bertz CT molecular complexity index is 190. The van der Waals surface area contributed by atoms with Crippen molar-refractivity contribution >= 4 is 5.91 Å². The highest BCUT2D eigenvalue weighted by Crippen LogP contribution is 2.07. The van der Waals surface area contributed by atoms with Gasteiger partial charge in [-0.1, -0.05) is 6.42 Å². The first-order valence-corrected chi connectivity index (χ1v) is 5.85. The quantitative estimate of drug-likeness (QED) is 0.685. The van der Waals surface area contributed by atoms with Crippen LogP contribution >= 0.6 is 0 Å². The molecule has 15 heavy (non-hydrogen) atoms. The molecule has 0 spiro atoms. The van der Waals surface area contributed by atoms with E-state index in [0.29, 0.717) is 12.5 Å². The molecule has 1 aliphatic heterocycles. The zero-order valence-corrected chi connectivity index (χ0v) is 9.88. The first-order valence-electron chi connectivity index (χ1n) is 5.85. The van der Waals surface area contributed by atoms with Gasteiger partial charge in [0.25, 0.3) is 0 Å². The van der Waals surface area contributed by atoms with Crippen molar-refractivity contribution in [1.82, 2.24) is 15.5 Å². The fraction of sp³-hybridized carbons (Fsp3) is 0.909. The molecule has 88 valence electrons. The van der Waals surface area contributed by atoms with Gasteiger partial charge in [-0.25, -0.2) is 0 Å². The maximum atomic E-state index is 11.1. The number of carbonyl (C=O) groups excluding carboxylic acids is 1. The van der Waals surface area contributed by atoms with E-state index in [0.717, 1.165) is 19.6 Å². The molecule has 0 aromatic heterocycles. The van der Waals surface area contributed by atoms with Gasteiger partial charge < -0.3 is 15.5 Å². The first-order chi connectivity index (χ1) is 7.22. The van der Waals surface area contributed by atoms with E-state index >= 15 is 0 Å². The molecule has 1 aliphatic rings. The van der Waals surface area contributed by atoms with Crippen molar-refractivity contribution in [2.75, 3.05) is 33.7 Å². The van der Waals surface area contributed by atoms with Gasteiger partial charge in [-0.15, -0.1) is 0 Å². The summed E-state index contributed by atoms with van der Waals surface area (Å²) < 4.78 is 0. The minimum atomic E-state index is 0.124. The van der Waals surface area contributed by atoms with Gasteiger partial charge in [0.2, 0.25) is 5.91 Å². The molecule has 0 bridgehead atoms. The van der Waals surface area contributed by atoms with Gasteiger partial charge in [0, 0.05) is 32.6 Å². The highest BCUT2D eigenvalue weighted by molar-refractivity contribution is 5.75. The van der Waals surface area contributed by atoms with Crippen LogP contribution in [0, 0.1) is 0 Å². The molecule has 1 heterocycles. The predicted octanol–water partition coefficient (Wildman–Crippen LogP) is 0.196. The molecule has 0 saturated carbocycles. The lowest BCUT2D eigenvalue weighted by atomic mass is 10.0. The third-order valence-electron chi connectivity index (χ3n) is 2.94. The van der Waals surface area contributed by atoms with Gasteiger partial charge in [0.05, 0.1) is 0 Å². The number of nitrogens with one attached hydrogen (secondary N) is 2. The van der Waals surface area contributed by atoms with E-state index in [9.17, 15) is 4.79 Å². The summed E-state index contributed by atoms with van der Waals surface area (Å²) in [5.74, 6) is 0.124. The molecule has 4 heteroatoms. The van der Waals surface area contributed by atoms with Crippen molar-refractivity contribution in [1.29, 1.82) is 0 Å². The van der Waals surface area contributed by atoms with E-state index < -0.39 is 0 Å². The zero-order valence-electron chi connectivity index (χ0n) is 9.88. The molecule has 1 amide bonds. The Labute approximate surface area is 92.4 Å². The monoisotopic (exact) mass is 213 g/mol. The summed E-state index contributed by atoms with van der Waals surface area (Å²) in [6.07, 6.45) is 4.50. The van der Waals surface area contributed by atoms with Crippen molar-refractivity contribution in [3.63, 3.8) is 0 Å². The fourth-order valence-electron chi connectivity index (χ4n) is 1.96. The fourth-order valence-corrected chi connectivity index (χ4v) is 1.96. The van der Waals surface area contributed by atoms with Crippen molar-refractivity contribution in [2.24, 2.45) is 0 Å². The van der Waals surface area contributed by atoms with Crippen LogP contribution in [0.3, 0.4) is 0 Å². The summed E-state index contributed by atoms with van der Waals surface area (Å²) in [5, 5.41) is 6.15. The summed E-state index contributed by atoms with van der Waals surface area (Å²) in [7, 11) is 3.77. The molecule has 1 unspecified atom stereocenters. The second-order valence-corrected chi connectivity index (χ2v) is 4.33. The van der Waals surface area contributed by atoms with Crippen molar-refractivity contribution in [3.05, 3.63) is 0 Å². The Kier molecular flexibility index (Phi) is 5.65. The molecule has 0 aliphatic carbocycles. The standard InChI is InChI=1S/C11H23N3O/c1-12-11(15)6-8-14(2)9-10-5-3-4-7-13-10/h10,13H,3-9H2,1-2H3,(H,12,15). The van der Waals surface area contributed by atoms with Crippen LogP contribution in [0.1, 0.15) is 25.7 Å². The largest absolute Gasteiger partial charge is 0.359 e. The van der Waals surface area contributed by atoms with Gasteiger partial charge in [-0.05, 0) is 26.4 Å². The molecule has 2 N–H and O–H groups in total. The van der Waals surface area contributed by atoms with Gasteiger partial charge in [0.1, 0.15) is 0 Å². The number of rotatable bonds is 5. The van der Waals surface area contributed by atoms with Crippen LogP contribution in [0.4, 0.5) is 0 Å². The van der Waals surface area contributed by atoms with Crippen LogP contribution in [-0.4, -0.2) is 50.6 Å². The Morgan fingerprint density at radius 1 is 1.53 bits per heavy atom. The van der Waals surface area contributed by atoms with E-state index in [1.54, 1.807) is 7.05 Å². The van der Waals surface area contributed by atoms with Crippen molar-refractivity contribution in [3.8, 4) is 0 Å². The lowest BCUT2D eigenvalue weighted by molar-refractivity contribution is -0.120. The van der Waals surface area contributed by atoms with E-state index in [-0.39, 0.29) is 5.91 Å². The van der Waals surface area contributed by atoms with Crippen molar-refractivity contribution < 1.29 is 4.79 Å². The van der Waals surface area contributed by atoms with Crippen LogP contribution in [0.2, 0.25) is 0 Å². The maximum Gasteiger partial charge on any atom is 0.221 e. The summed E-state index contributed by atoms with van der Waals surface area (Å²) in [6, 6.07) is 0.619. The molecule has 0 aromatic rings. The highest BCUT2D eigenvalue weighted by atomic mass is 16.1. The smallest absolute Gasteiger partial charge is 0.221 e. The van der Waals surface area contributed by atoms with Gasteiger partial charge in [-0.2, -0.15) is 0 Å². The number of nitrogens with zero attached hydrogens (tertiary/aromatic N) is 1. The van der Waals surface area contributed by atoms with Crippen LogP contribution in [0.5, 0.6) is 0 Å². The number of likely N-dealkylation sites (N-methyl/N-ethyl adjacent to an activating group) is 1. The molecule has 1 saturated heterocycles. The maximum absolute atomic E-state index is 11.1. The van der Waals surface area contributed by atoms with Crippen LogP contribution in [-0.2, 0) is 4.79 Å². The molecule has 4 nitrogen and oxygen atoms in total. The molecular formula is C11H23N3O. The van der Waals surface area contributed by atoms with E-state index in [4.69, 9.17) is 0 Å². The minimum absolute atomic E-state index is 0.124. The molecule has 0 radical (unpaired) electrons. The Morgan fingerprint density at radius 3 is 2.93 bits per heavy atom. The normalized spacial score (nSPS) is 21.7. The van der Waals surface area contributed by atoms with Gasteiger partial charge in [-0.3, -0.25) is 4.79 Å². The SMILES string of the molecule is CNC(=O)CCN(C)CC1CCCCN1. The van der Waals surface area contributed by atoms with Crippen LogP contribution in [0.25, 0.3) is 0 Å². The number of amides is 1. The van der Waals surface area contributed by atoms with E-state index in [1.807, 2.05) is 0 Å². The topological polar surface area (TPSA) is 44.4 Å². The zero-order chi connectivity index (χ0) is 11.1. The van der Waals surface area contributed by atoms with E-state index in [1.165, 1.54) is 19.3 Å². The average Bonchev–Trinajstić information content (AvgIpc) is 2.27. The number of carbonyl (C=O) groups is 1. The van der Waals surface area contributed by atoms with Crippen LogP contribution < -0.4 is 10.6 Å². The predicted molar refractivity (Wildman–Crippen MR) is 61.8 cm³/mol.